The van der Waals surface area contributed by atoms with Gasteiger partial charge in [0.05, 0.1) is 0 Å². The van der Waals surface area contributed by atoms with Crippen molar-refractivity contribution in [2.75, 3.05) is 26.2 Å². The van der Waals surface area contributed by atoms with Gasteiger partial charge in [0.25, 0.3) is 0 Å². The first-order valence-electron chi connectivity index (χ1n) is 8.95. The maximum Gasteiger partial charge on any atom is 0.245 e. The first-order valence-corrected chi connectivity index (χ1v) is 8.95. The molecule has 1 aromatic rings. The number of aromatic hydroxyl groups is 2. The second kappa shape index (κ2) is 9.77. The maximum atomic E-state index is 12.7. The van der Waals surface area contributed by atoms with Gasteiger partial charge in [-0.1, -0.05) is 6.07 Å². The van der Waals surface area contributed by atoms with Crippen LogP contribution in [-0.2, 0) is 20.8 Å². The fourth-order valence-corrected chi connectivity index (χ4v) is 2.93. The molecule has 0 aliphatic carbocycles. The lowest BCUT2D eigenvalue weighted by molar-refractivity contribution is -0.137. The van der Waals surface area contributed by atoms with E-state index in [1.807, 2.05) is 0 Å². The van der Waals surface area contributed by atoms with Crippen LogP contribution in [0, 0.1) is 0 Å². The summed E-state index contributed by atoms with van der Waals surface area (Å²) in [5.74, 6) is -1.27. The van der Waals surface area contributed by atoms with E-state index in [1.54, 1.807) is 4.90 Å². The van der Waals surface area contributed by atoms with E-state index in [0.29, 0.717) is 31.7 Å². The minimum absolute atomic E-state index is 0.00151. The van der Waals surface area contributed by atoms with Crippen molar-refractivity contribution in [2.45, 2.75) is 31.7 Å². The van der Waals surface area contributed by atoms with Crippen LogP contribution in [-0.4, -0.2) is 65.1 Å². The molecule has 3 amide bonds. The van der Waals surface area contributed by atoms with E-state index in [1.165, 1.54) is 18.2 Å². The van der Waals surface area contributed by atoms with Crippen LogP contribution < -0.4 is 16.4 Å². The smallest absolute Gasteiger partial charge is 0.245 e. The van der Waals surface area contributed by atoms with Gasteiger partial charge in [-0.3, -0.25) is 14.4 Å². The average molecular weight is 378 g/mol. The van der Waals surface area contributed by atoms with Gasteiger partial charge in [0, 0.05) is 45.1 Å². The van der Waals surface area contributed by atoms with Gasteiger partial charge < -0.3 is 31.5 Å². The molecule has 6 N–H and O–H groups in total. The summed E-state index contributed by atoms with van der Waals surface area (Å²) in [5.41, 5.74) is 5.70. The van der Waals surface area contributed by atoms with Crippen LogP contribution in [0.3, 0.4) is 0 Å². The molecule has 1 heterocycles. The minimum atomic E-state index is -0.809. The zero-order valence-electron chi connectivity index (χ0n) is 15.1. The molecule has 0 saturated carbocycles. The van der Waals surface area contributed by atoms with Gasteiger partial charge in [0.1, 0.15) is 17.5 Å². The zero-order chi connectivity index (χ0) is 19.8. The Labute approximate surface area is 157 Å². The van der Waals surface area contributed by atoms with Crippen LogP contribution in [0.1, 0.15) is 24.8 Å². The molecule has 1 saturated heterocycles. The van der Waals surface area contributed by atoms with E-state index < -0.39 is 11.9 Å². The highest BCUT2D eigenvalue weighted by atomic mass is 16.3. The Morgan fingerprint density at radius 1 is 1.19 bits per heavy atom. The number of rotatable bonds is 8. The summed E-state index contributed by atoms with van der Waals surface area (Å²) in [5, 5.41) is 24.9. The van der Waals surface area contributed by atoms with E-state index in [2.05, 4.69) is 10.6 Å². The summed E-state index contributed by atoms with van der Waals surface area (Å²) in [4.78, 5) is 37.7. The Balaban J connectivity index is 1.94. The lowest BCUT2D eigenvalue weighted by atomic mass is 10.1. The second-order valence-corrected chi connectivity index (χ2v) is 6.51. The van der Waals surface area contributed by atoms with Crippen LogP contribution in [0.5, 0.6) is 11.5 Å². The summed E-state index contributed by atoms with van der Waals surface area (Å²) in [7, 11) is 0. The molecule has 1 fully saturated rings. The van der Waals surface area contributed by atoms with Gasteiger partial charge in [-0.15, -0.1) is 0 Å². The first-order chi connectivity index (χ1) is 12.9. The highest BCUT2D eigenvalue weighted by Gasteiger charge is 2.27. The van der Waals surface area contributed by atoms with Crippen molar-refractivity contribution < 1.29 is 24.6 Å². The van der Waals surface area contributed by atoms with Gasteiger partial charge in [-0.25, -0.2) is 0 Å². The molecular formula is C18H26N4O5. The number of nitrogens with zero attached hydrogens (tertiary/aromatic N) is 1. The number of amides is 3. The van der Waals surface area contributed by atoms with E-state index in [0.717, 1.165) is 0 Å². The molecular weight excluding hydrogens is 352 g/mol. The van der Waals surface area contributed by atoms with E-state index in [9.17, 15) is 24.6 Å². The monoisotopic (exact) mass is 378 g/mol. The van der Waals surface area contributed by atoms with E-state index in [-0.39, 0.29) is 49.0 Å². The topological polar surface area (TPSA) is 145 Å². The molecule has 0 bridgehead atoms. The fraction of sp³-hybridized carbons (Fsp3) is 0.500. The summed E-state index contributed by atoms with van der Waals surface area (Å²) >= 11 is 0. The Hall–Kier alpha value is -2.81. The molecule has 0 radical (unpaired) electrons. The molecule has 1 aliphatic rings. The van der Waals surface area contributed by atoms with E-state index in [4.69, 9.17) is 5.73 Å². The molecule has 1 aromatic carbocycles. The standard InChI is InChI=1S/C18H26N4O5/c19-16(25)5-4-14(18(27)22-9-7-20-8-10-22)21-17(26)6-2-12-1-3-13(23)11-15(12)24/h1,3,11,14,20,23-24H,2,4-10H2,(H2,19,25)(H,21,26)/t14-/m0/s1. The third-order valence-electron chi connectivity index (χ3n) is 4.43. The fourth-order valence-electron chi connectivity index (χ4n) is 2.93. The predicted octanol–water partition coefficient (Wildman–Crippen LogP) is -0.787. The predicted molar refractivity (Wildman–Crippen MR) is 97.9 cm³/mol. The number of benzene rings is 1. The molecule has 0 aromatic heterocycles. The first kappa shape index (κ1) is 20.5. The summed E-state index contributed by atoms with van der Waals surface area (Å²) in [6.07, 6.45) is 0.457. The lowest BCUT2D eigenvalue weighted by Gasteiger charge is -2.31. The second-order valence-electron chi connectivity index (χ2n) is 6.51. The quantitative estimate of drug-likeness (QED) is 0.401. The van der Waals surface area contributed by atoms with Gasteiger partial charge in [0.2, 0.25) is 17.7 Å². The van der Waals surface area contributed by atoms with E-state index >= 15 is 0 Å². The third-order valence-corrected chi connectivity index (χ3v) is 4.43. The molecule has 1 aliphatic heterocycles. The van der Waals surface area contributed by atoms with Crippen molar-refractivity contribution in [3.05, 3.63) is 23.8 Å². The van der Waals surface area contributed by atoms with Crippen molar-refractivity contribution in [1.29, 1.82) is 0 Å². The van der Waals surface area contributed by atoms with Gasteiger partial charge in [-0.05, 0) is 24.5 Å². The molecule has 0 unspecified atom stereocenters. The number of hydrogen-bond acceptors (Lipinski definition) is 6. The lowest BCUT2D eigenvalue weighted by Crippen LogP contribution is -2.54. The van der Waals surface area contributed by atoms with Crippen LogP contribution in [0.4, 0.5) is 0 Å². The van der Waals surface area contributed by atoms with Crippen molar-refractivity contribution in [2.24, 2.45) is 5.73 Å². The number of phenolic OH excluding ortho intramolecular Hbond substituents is 2. The summed E-state index contributed by atoms with van der Waals surface area (Å²) < 4.78 is 0. The summed E-state index contributed by atoms with van der Waals surface area (Å²) in [6, 6.07) is 3.36. The molecule has 2 rings (SSSR count). The molecule has 0 spiro atoms. The number of phenols is 2. The van der Waals surface area contributed by atoms with Crippen LogP contribution in [0.2, 0.25) is 0 Å². The minimum Gasteiger partial charge on any atom is -0.508 e. The Morgan fingerprint density at radius 3 is 2.52 bits per heavy atom. The van der Waals surface area contributed by atoms with Gasteiger partial charge >= 0.3 is 0 Å². The van der Waals surface area contributed by atoms with Crippen LogP contribution >= 0.6 is 0 Å². The van der Waals surface area contributed by atoms with Crippen LogP contribution in [0.25, 0.3) is 0 Å². The number of nitrogens with two attached hydrogens (primary N) is 1. The third kappa shape index (κ3) is 6.45. The van der Waals surface area contributed by atoms with Crippen molar-refractivity contribution in [3.8, 4) is 11.5 Å². The Kier molecular flexibility index (Phi) is 7.42. The average Bonchev–Trinajstić information content (AvgIpc) is 2.64. The van der Waals surface area contributed by atoms with Crippen LogP contribution in [0.15, 0.2) is 18.2 Å². The SMILES string of the molecule is NC(=O)CC[C@H](NC(=O)CCc1ccc(O)cc1O)C(=O)N1CCNCC1. The number of piperazine rings is 1. The molecule has 148 valence electrons. The number of carbonyl (C=O) groups excluding carboxylic acids is 3. The van der Waals surface area contributed by atoms with Gasteiger partial charge in [-0.2, -0.15) is 0 Å². The number of nitrogens with one attached hydrogen (secondary N) is 2. The Morgan fingerprint density at radius 2 is 1.89 bits per heavy atom. The zero-order valence-corrected chi connectivity index (χ0v) is 15.1. The van der Waals surface area contributed by atoms with Crippen molar-refractivity contribution in [3.63, 3.8) is 0 Å². The number of hydrogen-bond donors (Lipinski definition) is 5. The highest BCUT2D eigenvalue weighted by molar-refractivity contribution is 5.88. The Bertz CT molecular complexity index is 688. The number of carbonyl (C=O) groups is 3. The molecule has 9 nitrogen and oxygen atoms in total. The van der Waals surface area contributed by atoms with Crippen molar-refractivity contribution in [1.82, 2.24) is 15.5 Å². The molecule has 27 heavy (non-hydrogen) atoms. The number of primary amides is 1. The largest absolute Gasteiger partial charge is 0.508 e. The summed E-state index contributed by atoms with van der Waals surface area (Å²) in [6.45, 7) is 2.46. The highest BCUT2D eigenvalue weighted by Crippen LogP contribution is 2.23. The van der Waals surface area contributed by atoms with Crippen molar-refractivity contribution >= 4 is 17.7 Å². The number of aryl methyl sites for hydroxylation is 1. The molecule has 1 atom stereocenters. The normalized spacial score (nSPS) is 15.2. The van der Waals surface area contributed by atoms with Gasteiger partial charge in [0.15, 0.2) is 0 Å². The molecule has 9 heteroatoms. The maximum absolute atomic E-state index is 12.7.